The molecule has 0 aliphatic carbocycles. The summed E-state index contributed by atoms with van der Waals surface area (Å²) in [6.45, 7) is 0.743. The van der Waals surface area contributed by atoms with Gasteiger partial charge in [0.15, 0.2) is 11.5 Å². The molecular formula is C9H14NO3+. The van der Waals surface area contributed by atoms with Crippen LogP contribution in [0.25, 0.3) is 0 Å². The molecule has 0 spiro atoms. The van der Waals surface area contributed by atoms with Crippen LogP contribution >= 0.6 is 0 Å². The number of phenolic OH excluding ortho intramolecular Hbond substituents is 2. The number of benzene rings is 1. The fraction of sp³-hybridized carbons (Fsp3) is 0.333. The van der Waals surface area contributed by atoms with E-state index < -0.39 is 0 Å². The van der Waals surface area contributed by atoms with Crippen LogP contribution in [0.4, 0.5) is 0 Å². The monoisotopic (exact) mass is 184 g/mol. The van der Waals surface area contributed by atoms with Gasteiger partial charge in [-0.05, 0) is 17.7 Å². The van der Waals surface area contributed by atoms with Crippen LogP contribution in [0.5, 0.6) is 17.2 Å². The van der Waals surface area contributed by atoms with Gasteiger partial charge < -0.3 is 20.7 Å². The number of hydrogen-bond acceptors (Lipinski definition) is 3. The Morgan fingerprint density at radius 2 is 2.08 bits per heavy atom. The van der Waals surface area contributed by atoms with Crippen molar-refractivity contribution in [3.63, 3.8) is 0 Å². The Kier molecular flexibility index (Phi) is 2.97. The van der Waals surface area contributed by atoms with Crippen molar-refractivity contribution in [1.82, 2.24) is 0 Å². The molecule has 13 heavy (non-hydrogen) atoms. The van der Waals surface area contributed by atoms with E-state index in [2.05, 4.69) is 5.73 Å². The van der Waals surface area contributed by atoms with Gasteiger partial charge in [-0.3, -0.25) is 0 Å². The van der Waals surface area contributed by atoms with Gasteiger partial charge in [-0.25, -0.2) is 0 Å². The van der Waals surface area contributed by atoms with E-state index in [4.69, 9.17) is 4.74 Å². The quantitative estimate of drug-likeness (QED) is 0.574. The molecule has 4 heteroatoms. The molecule has 0 aliphatic heterocycles. The lowest BCUT2D eigenvalue weighted by molar-refractivity contribution is -0.366. The Bertz CT molecular complexity index is 299. The molecule has 0 atom stereocenters. The first kappa shape index (κ1) is 9.67. The van der Waals surface area contributed by atoms with Crippen LogP contribution in [0.1, 0.15) is 5.56 Å². The van der Waals surface area contributed by atoms with Crippen molar-refractivity contribution in [2.45, 2.75) is 6.42 Å². The van der Waals surface area contributed by atoms with Crippen molar-refractivity contribution in [3.8, 4) is 17.2 Å². The van der Waals surface area contributed by atoms with Crippen molar-refractivity contribution < 1.29 is 20.7 Å². The van der Waals surface area contributed by atoms with E-state index in [1.807, 2.05) is 0 Å². The molecule has 72 valence electrons. The second kappa shape index (κ2) is 4.00. The van der Waals surface area contributed by atoms with Gasteiger partial charge in [-0.15, -0.1) is 0 Å². The molecule has 0 amide bonds. The molecule has 1 aromatic carbocycles. The van der Waals surface area contributed by atoms with Crippen molar-refractivity contribution >= 4 is 0 Å². The van der Waals surface area contributed by atoms with Gasteiger partial charge >= 0.3 is 0 Å². The average molecular weight is 184 g/mol. The predicted octanol–water partition coefficient (Wildman–Crippen LogP) is -0.109. The molecule has 0 aliphatic rings. The highest BCUT2D eigenvalue weighted by Gasteiger charge is 2.08. The number of ether oxygens (including phenoxy) is 1. The Morgan fingerprint density at radius 3 is 2.62 bits per heavy atom. The predicted molar refractivity (Wildman–Crippen MR) is 47.8 cm³/mol. The molecule has 0 bridgehead atoms. The smallest absolute Gasteiger partial charge is 0.200 e. The van der Waals surface area contributed by atoms with Crippen molar-refractivity contribution in [1.29, 1.82) is 0 Å². The molecule has 4 nitrogen and oxygen atoms in total. The van der Waals surface area contributed by atoms with Crippen LogP contribution in [0, 0.1) is 0 Å². The van der Waals surface area contributed by atoms with Crippen molar-refractivity contribution in [3.05, 3.63) is 17.7 Å². The van der Waals surface area contributed by atoms with Gasteiger partial charge in [0.05, 0.1) is 13.7 Å². The van der Waals surface area contributed by atoms with Crippen LogP contribution in [-0.2, 0) is 6.42 Å². The van der Waals surface area contributed by atoms with E-state index in [0.29, 0.717) is 5.75 Å². The number of aromatic hydroxyl groups is 2. The molecule has 0 unspecified atom stereocenters. The Labute approximate surface area is 76.6 Å². The minimum absolute atomic E-state index is 0.150. The third-order valence-electron chi connectivity index (χ3n) is 1.80. The lowest BCUT2D eigenvalue weighted by atomic mass is 10.1. The highest BCUT2D eigenvalue weighted by Crippen LogP contribution is 2.36. The Hall–Kier alpha value is -1.42. The number of rotatable bonds is 3. The molecule has 0 fully saturated rings. The maximum atomic E-state index is 9.30. The molecule has 0 radical (unpaired) electrons. The maximum Gasteiger partial charge on any atom is 0.200 e. The first-order chi connectivity index (χ1) is 6.19. The number of hydrogen-bond donors (Lipinski definition) is 3. The number of quaternary nitrogens is 1. The Morgan fingerprint density at radius 1 is 1.38 bits per heavy atom. The summed E-state index contributed by atoms with van der Waals surface area (Å²) >= 11 is 0. The van der Waals surface area contributed by atoms with E-state index in [9.17, 15) is 10.2 Å². The molecule has 1 aromatic rings. The maximum absolute atomic E-state index is 9.30. The zero-order valence-corrected chi connectivity index (χ0v) is 7.58. The summed E-state index contributed by atoms with van der Waals surface area (Å²) in [6.07, 6.45) is 0.754. The van der Waals surface area contributed by atoms with Crippen LogP contribution < -0.4 is 10.5 Å². The van der Waals surface area contributed by atoms with Crippen LogP contribution in [0.3, 0.4) is 0 Å². The van der Waals surface area contributed by atoms with E-state index in [1.54, 1.807) is 6.07 Å². The molecular weight excluding hydrogens is 170 g/mol. The SMILES string of the molecule is COc1cc(CC[NH3+])cc(O)c1O. The third kappa shape index (κ3) is 2.03. The molecule has 0 saturated carbocycles. The van der Waals surface area contributed by atoms with Crippen LogP contribution in [0.2, 0.25) is 0 Å². The number of phenols is 2. The van der Waals surface area contributed by atoms with Crippen molar-refractivity contribution in [2.24, 2.45) is 0 Å². The first-order valence-corrected chi connectivity index (χ1v) is 4.07. The van der Waals surface area contributed by atoms with Gasteiger partial charge in [0.1, 0.15) is 0 Å². The van der Waals surface area contributed by atoms with Gasteiger partial charge in [0, 0.05) is 6.42 Å². The lowest BCUT2D eigenvalue weighted by Gasteiger charge is -2.07. The Balaban J connectivity index is 3.06. The van der Waals surface area contributed by atoms with Crippen LogP contribution in [0.15, 0.2) is 12.1 Å². The van der Waals surface area contributed by atoms with Gasteiger partial charge in [0.2, 0.25) is 5.75 Å². The van der Waals surface area contributed by atoms with Crippen molar-refractivity contribution in [2.75, 3.05) is 13.7 Å². The summed E-state index contributed by atoms with van der Waals surface area (Å²) < 4.78 is 4.88. The van der Waals surface area contributed by atoms with Crippen LogP contribution in [-0.4, -0.2) is 23.9 Å². The third-order valence-corrected chi connectivity index (χ3v) is 1.80. The number of methoxy groups -OCH3 is 1. The summed E-state index contributed by atoms with van der Waals surface area (Å²) in [5.74, 6) is -0.0680. The van der Waals surface area contributed by atoms with Gasteiger partial charge in [-0.1, -0.05) is 0 Å². The topological polar surface area (TPSA) is 77.3 Å². The second-order valence-electron chi connectivity index (χ2n) is 2.77. The fourth-order valence-corrected chi connectivity index (χ4v) is 1.15. The van der Waals surface area contributed by atoms with E-state index in [1.165, 1.54) is 13.2 Å². The summed E-state index contributed by atoms with van der Waals surface area (Å²) in [5, 5.41) is 18.6. The minimum Gasteiger partial charge on any atom is -0.504 e. The summed E-state index contributed by atoms with van der Waals surface area (Å²) in [7, 11) is 1.45. The zero-order valence-electron chi connectivity index (χ0n) is 7.58. The largest absolute Gasteiger partial charge is 0.504 e. The fourth-order valence-electron chi connectivity index (χ4n) is 1.15. The molecule has 0 aromatic heterocycles. The molecule has 0 saturated heterocycles. The van der Waals surface area contributed by atoms with Gasteiger partial charge in [0.25, 0.3) is 0 Å². The highest BCUT2D eigenvalue weighted by molar-refractivity contribution is 5.51. The summed E-state index contributed by atoms with van der Waals surface area (Å²) in [6, 6.07) is 3.21. The average Bonchev–Trinajstić information content (AvgIpc) is 2.11. The van der Waals surface area contributed by atoms with E-state index in [0.717, 1.165) is 18.5 Å². The summed E-state index contributed by atoms with van der Waals surface area (Å²) in [4.78, 5) is 0. The van der Waals surface area contributed by atoms with E-state index >= 15 is 0 Å². The normalized spacial score (nSPS) is 10.0. The molecule has 1 rings (SSSR count). The minimum atomic E-state index is -0.213. The van der Waals surface area contributed by atoms with Gasteiger partial charge in [-0.2, -0.15) is 0 Å². The molecule has 5 N–H and O–H groups in total. The standard InChI is InChI=1S/C9H13NO3/c1-13-8-5-6(2-3-10)4-7(11)9(8)12/h4-5,11-12H,2-3,10H2,1H3/p+1. The molecule has 0 heterocycles. The first-order valence-electron chi connectivity index (χ1n) is 4.07. The zero-order chi connectivity index (χ0) is 9.84. The van der Waals surface area contributed by atoms with E-state index in [-0.39, 0.29) is 11.5 Å². The second-order valence-corrected chi connectivity index (χ2v) is 2.77. The summed E-state index contributed by atoms with van der Waals surface area (Å²) in [5.41, 5.74) is 4.61. The highest BCUT2D eigenvalue weighted by atomic mass is 16.5. The lowest BCUT2D eigenvalue weighted by Crippen LogP contribution is -2.51.